The number of amides is 1. The number of rotatable bonds is 7. The Kier molecular flexibility index (Phi) is 6.83. The quantitative estimate of drug-likeness (QED) is 0.258. The van der Waals surface area contributed by atoms with Crippen LogP contribution in [-0.2, 0) is 13.1 Å². The van der Waals surface area contributed by atoms with E-state index in [1.54, 1.807) is 16.9 Å². The smallest absolute Gasteiger partial charge is 0.258 e. The second kappa shape index (κ2) is 10.7. The van der Waals surface area contributed by atoms with E-state index in [1.807, 2.05) is 42.5 Å². The van der Waals surface area contributed by atoms with Crippen molar-refractivity contribution in [3.8, 4) is 11.3 Å². The van der Waals surface area contributed by atoms with Gasteiger partial charge in [0.25, 0.3) is 11.5 Å². The zero-order valence-corrected chi connectivity index (χ0v) is 21.4. The summed E-state index contributed by atoms with van der Waals surface area (Å²) in [5, 5.41) is 17.9. The molecule has 0 aliphatic carbocycles. The number of H-pyrrole nitrogens is 2. The van der Waals surface area contributed by atoms with Gasteiger partial charge in [-0.1, -0.05) is 36.4 Å². The topological polar surface area (TPSA) is 119 Å². The summed E-state index contributed by atoms with van der Waals surface area (Å²) in [7, 11) is 0. The third-order valence-electron chi connectivity index (χ3n) is 7.18. The number of anilines is 1. The summed E-state index contributed by atoms with van der Waals surface area (Å²) in [5.41, 5.74) is 5.00. The van der Waals surface area contributed by atoms with Crippen molar-refractivity contribution in [3.63, 3.8) is 0 Å². The number of aliphatic hydroxyl groups excluding tert-OH is 1. The van der Waals surface area contributed by atoms with Gasteiger partial charge in [-0.2, -0.15) is 5.10 Å². The van der Waals surface area contributed by atoms with Gasteiger partial charge in [0, 0.05) is 42.9 Å². The summed E-state index contributed by atoms with van der Waals surface area (Å²) in [4.78, 5) is 34.0. The minimum Gasteiger partial charge on any atom is -0.393 e. The number of nitrogens with zero attached hydrogens (tertiary/aromatic N) is 3. The molecule has 39 heavy (non-hydrogen) atoms. The van der Waals surface area contributed by atoms with Gasteiger partial charge in [0.15, 0.2) is 0 Å². The number of hydrogen-bond donors (Lipinski definition) is 4. The number of piperidine rings is 1. The van der Waals surface area contributed by atoms with Crippen LogP contribution >= 0.6 is 0 Å². The highest BCUT2D eigenvalue weighted by atomic mass is 16.3. The Labute approximate surface area is 225 Å². The molecule has 198 valence electrons. The van der Waals surface area contributed by atoms with Crippen molar-refractivity contribution in [3.05, 3.63) is 106 Å². The van der Waals surface area contributed by atoms with Crippen LogP contribution in [0.5, 0.6) is 0 Å². The number of nitrogens with one attached hydrogen (secondary N) is 3. The molecule has 0 saturated carbocycles. The predicted octanol–water partition coefficient (Wildman–Crippen LogP) is 3.98. The first kappa shape index (κ1) is 24.8. The van der Waals surface area contributed by atoms with E-state index in [4.69, 9.17) is 0 Å². The zero-order valence-electron chi connectivity index (χ0n) is 21.4. The van der Waals surface area contributed by atoms with E-state index in [1.165, 1.54) is 18.0 Å². The van der Waals surface area contributed by atoms with E-state index >= 15 is 0 Å². The van der Waals surface area contributed by atoms with E-state index in [2.05, 4.69) is 37.4 Å². The zero-order chi connectivity index (χ0) is 26.8. The Morgan fingerprint density at radius 1 is 1.03 bits per heavy atom. The average Bonchev–Trinajstić information content (AvgIpc) is 3.59. The number of carbonyl (C=O) groups excluding carboxylic acids is 1. The summed E-state index contributed by atoms with van der Waals surface area (Å²) in [6, 6.07) is 19.8. The van der Waals surface area contributed by atoms with Crippen LogP contribution in [0.3, 0.4) is 0 Å². The molecule has 1 amide bonds. The van der Waals surface area contributed by atoms with Crippen LogP contribution < -0.4 is 10.9 Å². The molecule has 1 saturated heterocycles. The number of aromatic nitrogens is 4. The Bertz CT molecular complexity index is 1660. The molecule has 1 fully saturated rings. The van der Waals surface area contributed by atoms with Crippen molar-refractivity contribution in [2.75, 3.05) is 18.4 Å². The molecular formula is C30H30N6O3. The SMILES string of the molecule is O=C(Nc1c[nH]c(=O)c(-c2cc3cc(CN4CCC(O)CC4)ccc3[nH]2)c1)c1cnn(Cc2ccccc2)c1. The highest BCUT2D eigenvalue weighted by Crippen LogP contribution is 2.25. The maximum Gasteiger partial charge on any atom is 0.258 e. The summed E-state index contributed by atoms with van der Waals surface area (Å²) in [6.45, 7) is 3.17. The molecule has 0 atom stereocenters. The van der Waals surface area contributed by atoms with E-state index in [0.29, 0.717) is 29.1 Å². The summed E-state index contributed by atoms with van der Waals surface area (Å²) in [6.07, 6.45) is 6.16. The molecule has 0 radical (unpaired) electrons. The van der Waals surface area contributed by atoms with Crippen molar-refractivity contribution < 1.29 is 9.90 Å². The minimum absolute atomic E-state index is 0.188. The highest BCUT2D eigenvalue weighted by molar-refractivity contribution is 6.04. The molecule has 2 aromatic carbocycles. The number of aromatic amines is 2. The van der Waals surface area contributed by atoms with Gasteiger partial charge in [0.1, 0.15) is 0 Å². The second-order valence-corrected chi connectivity index (χ2v) is 10.1. The largest absolute Gasteiger partial charge is 0.393 e. The molecule has 4 heterocycles. The maximum absolute atomic E-state index is 12.9. The van der Waals surface area contributed by atoms with E-state index in [-0.39, 0.29) is 17.6 Å². The fraction of sp³-hybridized carbons (Fsp3) is 0.233. The first-order valence-electron chi connectivity index (χ1n) is 13.1. The Balaban J connectivity index is 1.17. The molecule has 0 unspecified atom stereocenters. The lowest BCUT2D eigenvalue weighted by Gasteiger charge is -2.29. The molecule has 5 aromatic rings. The van der Waals surface area contributed by atoms with E-state index in [0.717, 1.165) is 48.9 Å². The van der Waals surface area contributed by atoms with Crippen LogP contribution in [0.4, 0.5) is 5.69 Å². The number of benzene rings is 2. The van der Waals surface area contributed by atoms with Crippen LogP contribution in [-0.4, -0.2) is 54.9 Å². The highest BCUT2D eigenvalue weighted by Gasteiger charge is 2.17. The van der Waals surface area contributed by atoms with Gasteiger partial charge < -0.3 is 20.4 Å². The van der Waals surface area contributed by atoms with E-state index < -0.39 is 0 Å². The number of pyridine rings is 1. The van der Waals surface area contributed by atoms with E-state index in [9.17, 15) is 14.7 Å². The van der Waals surface area contributed by atoms with Crippen LogP contribution in [0.2, 0.25) is 0 Å². The number of carbonyl (C=O) groups is 1. The molecular weight excluding hydrogens is 492 g/mol. The molecule has 9 nitrogen and oxygen atoms in total. The van der Waals surface area contributed by atoms with Gasteiger partial charge in [-0.3, -0.25) is 19.2 Å². The normalized spacial score (nSPS) is 14.6. The Morgan fingerprint density at radius 2 is 1.85 bits per heavy atom. The molecule has 1 aliphatic heterocycles. The lowest BCUT2D eigenvalue weighted by molar-refractivity contribution is 0.0792. The molecule has 9 heteroatoms. The summed E-state index contributed by atoms with van der Waals surface area (Å²) >= 11 is 0. The first-order chi connectivity index (χ1) is 19.0. The standard InChI is InChI=1S/C30H30N6O3/c37-25-8-10-35(11-9-25)17-21-6-7-27-22(12-21)13-28(34-27)26-14-24(16-31-30(26)39)33-29(38)23-15-32-36(19-23)18-20-4-2-1-3-5-20/h1-7,12-16,19,25,34,37H,8-11,17-18H2,(H,31,39)(H,33,38). The van der Waals surface area contributed by atoms with Gasteiger partial charge in [0.05, 0.1) is 41.4 Å². The predicted molar refractivity (Wildman–Crippen MR) is 151 cm³/mol. The number of aliphatic hydroxyl groups is 1. The first-order valence-corrected chi connectivity index (χ1v) is 13.1. The van der Waals surface area contributed by atoms with Crippen molar-refractivity contribution >= 4 is 22.5 Å². The van der Waals surface area contributed by atoms with Crippen LogP contribution in [0.1, 0.15) is 34.3 Å². The fourth-order valence-corrected chi connectivity index (χ4v) is 5.06. The third kappa shape index (κ3) is 5.69. The van der Waals surface area contributed by atoms with Gasteiger partial charge in [-0.15, -0.1) is 0 Å². The molecule has 3 aromatic heterocycles. The maximum atomic E-state index is 12.9. The lowest BCUT2D eigenvalue weighted by atomic mass is 10.1. The molecule has 1 aliphatic rings. The van der Waals surface area contributed by atoms with Gasteiger partial charge in [-0.25, -0.2) is 0 Å². The minimum atomic E-state index is -0.307. The molecule has 0 bridgehead atoms. The molecule has 4 N–H and O–H groups in total. The number of hydrogen-bond acceptors (Lipinski definition) is 5. The van der Waals surface area contributed by atoms with Crippen LogP contribution in [0.25, 0.3) is 22.2 Å². The lowest BCUT2D eigenvalue weighted by Crippen LogP contribution is -2.35. The summed E-state index contributed by atoms with van der Waals surface area (Å²) in [5.74, 6) is -0.307. The third-order valence-corrected chi connectivity index (χ3v) is 7.18. The Morgan fingerprint density at radius 3 is 2.67 bits per heavy atom. The van der Waals surface area contributed by atoms with Crippen molar-refractivity contribution in [2.45, 2.75) is 32.0 Å². The second-order valence-electron chi connectivity index (χ2n) is 10.1. The van der Waals surface area contributed by atoms with Gasteiger partial charge in [-0.05, 0) is 48.2 Å². The van der Waals surface area contributed by atoms with Gasteiger partial charge >= 0.3 is 0 Å². The fourth-order valence-electron chi connectivity index (χ4n) is 5.06. The number of likely N-dealkylation sites (tertiary alicyclic amines) is 1. The Hall–Kier alpha value is -4.47. The van der Waals surface area contributed by atoms with Crippen molar-refractivity contribution in [1.29, 1.82) is 0 Å². The monoisotopic (exact) mass is 522 g/mol. The van der Waals surface area contributed by atoms with Crippen molar-refractivity contribution in [2.24, 2.45) is 0 Å². The van der Waals surface area contributed by atoms with Crippen molar-refractivity contribution in [1.82, 2.24) is 24.6 Å². The van der Waals surface area contributed by atoms with Crippen LogP contribution in [0.15, 0.2) is 84.0 Å². The van der Waals surface area contributed by atoms with Crippen LogP contribution in [0, 0.1) is 0 Å². The summed E-state index contributed by atoms with van der Waals surface area (Å²) < 4.78 is 1.72. The average molecular weight is 523 g/mol. The molecule has 6 rings (SSSR count). The molecule has 0 spiro atoms. The van der Waals surface area contributed by atoms with Gasteiger partial charge in [0.2, 0.25) is 0 Å². The number of fused-ring (bicyclic) bond motifs is 1.